The van der Waals surface area contributed by atoms with E-state index in [2.05, 4.69) is 34.4 Å². The second kappa shape index (κ2) is 9.88. The summed E-state index contributed by atoms with van der Waals surface area (Å²) in [7, 11) is 0. The Morgan fingerprint density at radius 1 is 1.03 bits per heavy atom. The van der Waals surface area contributed by atoms with Gasteiger partial charge in [-0.15, -0.1) is 0 Å². The maximum atomic E-state index is 13.3. The predicted octanol–water partition coefficient (Wildman–Crippen LogP) is 4.55. The highest BCUT2D eigenvalue weighted by molar-refractivity contribution is 6.35. The molecule has 0 spiro atoms. The van der Waals surface area contributed by atoms with Crippen LogP contribution in [0.5, 0.6) is 0 Å². The number of aromatic amines is 1. The number of carbonyl (C=O) groups is 2. The van der Waals surface area contributed by atoms with E-state index in [1.54, 1.807) is 0 Å². The van der Waals surface area contributed by atoms with Crippen LogP contribution in [0.1, 0.15) is 41.2 Å². The summed E-state index contributed by atoms with van der Waals surface area (Å²) in [5.74, 6) is -0.261. The van der Waals surface area contributed by atoms with Gasteiger partial charge in [0.25, 0.3) is 11.8 Å². The number of nitrogens with zero attached hydrogens (tertiary/aromatic N) is 1. The van der Waals surface area contributed by atoms with Crippen LogP contribution in [0.25, 0.3) is 22.8 Å². The van der Waals surface area contributed by atoms with Crippen LogP contribution in [0.3, 0.4) is 0 Å². The highest BCUT2D eigenvalue weighted by Crippen LogP contribution is 2.36. The Hall–Kier alpha value is -3.64. The van der Waals surface area contributed by atoms with Gasteiger partial charge in [-0.1, -0.05) is 62.4 Å². The molecule has 0 saturated carbocycles. The number of benzene rings is 2. The maximum absolute atomic E-state index is 13.3. The number of hydrogen-bond acceptors (Lipinski definition) is 3. The Kier molecular flexibility index (Phi) is 6.75. The van der Waals surface area contributed by atoms with Crippen LogP contribution in [0.15, 0.2) is 54.6 Å². The first kappa shape index (κ1) is 22.6. The summed E-state index contributed by atoms with van der Waals surface area (Å²) in [6.45, 7) is 9.41. The summed E-state index contributed by atoms with van der Waals surface area (Å²) in [6, 6.07) is 17.5. The molecule has 6 heteroatoms. The maximum Gasteiger partial charge on any atom is 0.256 e. The highest BCUT2D eigenvalue weighted by atomic mass is 16.2. The third-order valence-corrected chi connectivity index (χ3v) is 6.11. The van der Waals surface area contributed by atoms with E-state index >= 15 is 0 Å². The third-order valence-electron chi connectivity index (χ3n) is 6.11. The molecule has 1 aliphatic heterocycles. The number of anilines is 1. The van der Waals surface area contributed by atoms with Crippen LogP contribution < -0.4 is 10.6 Å². The Balaban J connectivity index is 1.74. The summed E-state index contributed by atoms with van der Waals surface area (Å²) >= 11 is 0. The minimum Gasteiger partial charge on any atom is -0.358 e. The lowest BCUT2D eigenvalue weighted by molar-refractivity contribution is -0.110. The zero-order chi connectivity index (χ0) is 23.4. The molecule has 0 unspecified atom stereocenters. The molecule has 6 nitrogen and oxygen atoms in total. The lowest BCUT2D eigenvalue weighted by atomic mass is 9.97. The van der Waals surface area contributed by atoms with Gasteiger partial charge in [-0.25, -0.2) is 0 Å². The number of fused-ring (bicyclic) bond motifs is 1. The van der Waals surface area contributed by atoms with Crippen molar-refractivity contribution < 1.29 is 9.59 Å². The molecule has 2 amide bonds. The molecule has 2 heterocycles. The molecule has 0 saturated heterocycles. The number of hydrogen-bond donors (Lipinski definition) is 3. The monoisotopic (exact) mass is 442 g/mol. The Labute approximate surface area is 194 Å². The van der Waals surface area contributed by atoms with Gasteiger partial charge in [-0.05, 0) is 37.7 Å². The number of likely N-dealkylation sites (N-methyl/N-ethyl adjacent to an activating group) is 1. The Morgan fingerprint density at radius 2 is 1.73 bits per heavy atom. The van der Waals surface area contributed by atoms with Gasteiger partial charge < -0.3 is 20.5 Å². The number of rotatable bonds is 8. The summed E-state index contributed by atoms with van der Waals surface area (Å²) in [4.78, 5) is 31.6. The van der Waals surface area contributed by atoms with Gasteiger partial charge in [0.2, 0.25) is 0 Å². The number of nitrogens with one attached hydrogen (secondary N) is 3. The van der Waals surface area contributed by atoms with E-state index in [0.29, 0.717) is 17.7 Å². The van der Waals surface area contributed by atoms with Crippen molar-refractivity contribution in [3.8, 4) is 11.1 Å². The number of amides is 2. The average Bonchev–Trinajstić information content (AvgIpc) is 3.33. The zero-order valence-corrected chi connectivity index (χ0v) is 19.4. The van der Waals surface area contributed by atoms with Gasteiger partial charge >= 0.3 is 0 Å². The van der Waals surface area contributed by atoms with E-state index in [1.165, 1.54) is 0 Å². The lowest BCUT2D eigenvalue weighted by Crippen LogP contribution is -2.35. The van der Waals surface area contributed by atoms with E-state index < -0.39 is 0 Å². The molecule has 33 heavy (non-hydrogen) atoms. The van der Waals surface area contributed by atoms with E-state index in [0.717, 1.165) is 53.4 Å². The van der Waals surface area contributed by atoms with E-state index in [-0.39, 0.29) is 11.8 Å². The van der Waals surface area contributed by atoms with Crippen molar-refractivity contribution in [3.63, 3.8) is 0 Å². The molecule has 0 bridgehead atoms. The predicted molar refractivity (Wildman–Crippen MR) is 134 cm³/mol. The molecule has 0 fully saturated rings. The molecule has 3 N–H and O–H groups in total. The average molecular weight is 443 g/mol. The lowest BCUT2D eigenvalue weighted by Gasteiger charge is -2.18. The molecule has 170 valence electrons. The summed E-state index contributed by atoms with van der Waals surface area (Å²) in [5, 5.41) is 6.00. The van der Waals surface area contributed by atoms with Crippen molar-refractivity contribution in [3.05, 3.63) is 77.1 Å². The van der Waals surface area contributed by atoms with E-state index in [4.69, 9.17) is 0 Å². The molecule has 1 aromatic heterocycles. The van der Waals surface area contributed by atoms with Crippen LogP contribution in [-0.4, -0.2) is 47.9 Å². The summed E-state index contributed by atoms with van der Waals surface area (Å²) < 4.78 is 0. The standard InChI is InChI=1S/C27H30N4O2/c1-4-31(5-2)16-15-28-27(33)24-18(3)29-23(25(24)19-11-7-6-8-12-19)17-21-20-13-9-10-14-22(20)30-26(21)32/h6-14,17,29H,4-5,15-16H2,1-3H3,(H,28,33)(H,30,32)/b21-17-. The molecule has 4 rings (SSSR count). The second-order valence-electron chi connectivity index (χ2n) is 8.12. The number of carbonyl (C=O) groups excluding carboxylic acids is 2. The number of aryl methyl sites for hydroxylation is 1. The zero-order valence-electron chi connectivity index (χ0n) is 19.4. The van der Waals surface area contributed by atoms with Crippen LogP contribution >= 0.6 is 0 Å². The highest BCUT2D eigenvalue weighted by Gasteiger charge is 2.26. The van der Waals surface area contributed by atoms with Gasteiger partial charge in [0.05, 0.1) is 11.1 Å². The smallest absolute Gasteiger partial charge is 0.256 e. The molecular formula is C27H30N4O2. The van der Waals surface area contributed by atoms with Gasteiger partial charge in [0.1, 0.15) is 0 Å². The molecule has 3 aromatic rings. The summed E-state index contributed by atoms with van der Waals surface area (Å²) in [6.07, 6.45) is 1.85. The molecule has 0 radical (unpaired) electrons. The molecule has 0 atom stereocenters. The van der Waals surface area contributed by atoms with Crippen molar-refractivity contribution in [1.82, 2.24) is 15.2 Å². The third kappa shape index (κ3) is 4.61. The first-order chi connectivity index (χ1) is 16.0. The normalized spacial score (nSPS) is 13.9. The number of para-hydroxylation sites is 1. The van der Waals surface area contributed by atoms with Crippen molar-refractivity contribution in [1.29, 1.82) is 0 Å². The largest absolute Gasteiger partial charge is 0.358 e. The second-order valence-corrected chi connectivity index (χ2v) is 8.12. The molecule has 0 aliphatic carbocycles. The van der Waals surface area contributed by atoms with Crippen LogP contribution in [-0.2, 0) is 4.79 Å². The van der Waals surface area contributed by atoms with Crippen LogP contribution in [0.4, 0.5) is 5.69 Å². The van der Waals surface area contributed by atoms with Gasteiger partial charge in [-0.3, -0.25) is 9.59 Å². The minimum absolute atomic E-state index is 0.115. The van der Waals surface area contributed by atoms with E-state index in [1.807, 2.05) is 67.6 Å². The molecule has 1 aliphatic rings. The summed E-state index contributed by atoms with van der Waals surface area (Å²) in [5.41, 5.74) is 6.10. The van der Waals surface area contributed by atoms with Crippen molar-refractivity contribution in [2.75, 3.05) is 31.5 Å². The number of aromatic nitrogens is 1. The first-order valence-electron chi connectivity index (χ1n) is 11.4. The van der Waals surface area contributed by atoms with Gasteiger partial charge in [0, 0.05) is 41.3 Å². The quantitative estimate of drug-likeness (QED) is 0.448. The van der Waals surface area contributed by atoms with Crippen LogP contribution in [0, 0.1) is 6.92 Å². The topological polar surface area (TPSA) is 77.2 Å². The minimum atomic E-state index is -0.146. The fraction of sp³-hybridized carbons (Fsp3) is 0.259. The van der Waals surface area contributed by atoms with Gasteiger partial charge in [0.15, 0.2) is 0 Å². The van der Waals surface area contributed by atoms with Crippen molar-refractivity contribution >= 4 is 29.2 Å². The number of H-pyrrole nitrogens is 1. The van der Waals surface area contributed by atoms with Gasteiger partial charge in [-0.2, -0.15) is 0 Å². The van der Waals surface area contributed by atoms with Crippen LogP contribution in [0.2, 0.25) is 0 Å². The fourth-order valence-electron chi connectivity index (χ4n) is 4.33. The Bertz CT molecular complexity index is 1190. The SMILES string of the molecule is CCN(CC)CCNC(=O)c1c(C)[nH]c(/C=C2\C(=O)Nc3ccccc32)c1-c1ccccc1. The van der Waals surface area contributed by atoms with Crippen molar-refractivity contribution in [2.24, 2.45) is 0 Å². The molecular weight excluding hydrogens is 412 g/mol. The first-order valence-corrected chi connectivity index (χ1v) is 11.4. The van der Waals surface area contributed by atoms with E-state index in [9.17, 15) is 9.59 Å². The van der Waals surface area contributed by atoms with Crippen molar-refractivity contribution in [2.45, 2.75) is 20.8 Å². The molecule has 2 aromatic carbocycles. The Morgan fingerprint density at radius 3 is 2.45 bits per heavy atom. The fourth-order valence-corrected chi connectivity index (χ4v) is 4.33.